The molecule has 1 heterocycles. The summed E-state index contributed by atoms with van der Waals surface area (Å²) in [5.41, 5.74) is 6.84. The Balaban J connectivity index is 0.000000408. The molecular weight excluding hydrogens is 252 g/mol. The van der Waals surface area contributed by atoms with Gasteiger partial charge in [0.15, 0.2) is 0 Å². The van der Waals surface area contributed by atoms with Crippen molar-refractivity contribution < 1.29 is 0 Å². The summed E-state index contributed by atoms with van der Waals surface area (Å²) in [6.45, 7) is 4.75. The third-order valence-corrected chi connectivity index (χ3v) is 3.91. The fourth-order valence-corrected chi connectivity index (χ4v) is 3.03. The molecule has 3 heteroatoms. The van der Waals surface area contributed by atoms with Gasteiger partial charge in [-0.1, -0.05) is 18.6 Å². The zero-order chi connectivity index (χ0) is 13.8. The molecule has 0 aliphatic heterocycles. The first-order valence-electron chi connectivity index (χ1n) is 6.22. The maximum absolute atomic E-state index is 8.91. The lowest BCUT2D eigenvalue weighted by Gasteiger charge is -1.94. The minimum atomic E-state index is 0.730. The van der Waals surface area contributed by atoms with Crippen LogP contribution < -0.4 is 5.73 Å². The Hall–Kier alpha value is -1.89. The molecule has 2 aromatic carbocycles. The molecular formula is C16H16N2S. The van der Waals surface area contributed by atoms with Gasteiger partial charge in [0.1, 0.15) is 0 Å². The van der Waals surface area contributed by atoms with E-state index in [1.807, 2.05) is 25.1 Å². The molecule has 0 saturated carbocycles. The molecule has 0 spiro atoms. The largest absolute Gasteiger partial charge is 0.331 e. The van der Waals surface area contributed by atoms with Gasteiger partial charge < -0.3 is 5.73 Å². The molecule has 0 unspecified atom stereocenters. The second-order valence-corrected chi connectivity index (χ2v) is 5.42. The number of nitrogens with zero attached hydrogens (tertiary/aromatic N) is 1. The van der Waals surface area contributed by atoms with E-state index in [0.29, 0.717) is 0 Å². The Morgan fingerprint density at radius 1 is 1.11 bits per heavy atom. The van der Waals surface area contributed by atoms with E-state index in [1.54, 1.807) is 11.3 Å². The molecule has 2 N–H and O–H groups in total. The smallest absolute Gasteiger partial charge is 0.0991 e. The highest BCUT2D eigenvalue weighted by atomic mass is 32.1. The van der Waals surface area contributed by atoms with Crippen LogP contribution in [0.2, 0.25) is 0 Å². The highest BCUT2D eigenvalue weighted by Gasteiger charge is 2.05. The predicted octanol–water partition coefficient (Wildman–Crippen LogP) is 4.20. The molecule has 0 atom stereocenters. The Bertz CT molecular complexity index is 750. The number of rotatable bonds is 0. The van der Waals surface area contributed by atoms with Crippen LogP contribution in [0.3, 0.4) is 0 Å². The fourth-order valence-electron chi connectivity index (χ4n) is 1.96. The Labute approximate surface area is 117 Å². The summed E-state index contributed by atoms with van der Waals surface area (Å²) in [5, 5.41) is 11.4. The van der Waals surface area contributed by atoms with Crippen molar-refractivity contribution in [2.75, 3.05) is 6.54 Å². The average Bonchev–Trinajstić information content (AvgIpc) is 2.76. The summed E-state index contributed by atoms with van der Waals surface area (Å²) < 4.78 is 2.54. The summed E-state index contributed by atoms with van der Waals surface area (Å²) >= 11 is 1.78. The second kappa shape index (κ2) is 5.83. The van der Waals surface area contributed by atoms with Crippen molar-refractivity contribution in [2.45, 2.75) is 13.8 Å². The summed E-state index contributed by atoms with van der Waals surface area (Å²) in [6, 6.07) is 14.6. The number of nitriles is 1. The number of hydrogen-bond donors (Lipinski definition) is 1. The van der Waals surface area contributed by atoms with Gasteiger partial charge in [-0.25, -0.2) is 0 Å². The van der Waals surface area contributed by atoms with E-state index in [-0.39, 0.29) is 0 Å². The van der Waals surface area contributed by atoms with Gasteiger partial charge in [-0.2, -0.15) is 5.26 Å². The van der Waals surface area contributed by atoms with Crippen molar-refractivity contribution >= 4 is 31.5 Å². The van der Waals surface area contributed by atoms with Gasteiger partial charge in [-0.3, -0.25) is 0 Å². The van der Waals surface area contributed by atoms with Crippen LogP contribution in [0.25, 0.3) is 20.2 Å². The van der Waals surface area contributed by atoms with Gasteiger partial charge in [-0.05, 0) is 43.8 Å². The van der Waals surface area contributed by atoms with E-state index in [0.717, 1.165) is 12.1 Å². The number of aryl methyl sites for hydroxylation is 1. The third-order valence-electron chi connectivity index (χ3n) is 2.75. The number of benzene rings is 2. The van der Waals surface area contributed by atoms with Crippen molar-refractivity contribution in [3.05, 3.63) is 47.5 Å². The molecule has 0 bridgehead atoms. The maximum Gasteiger partial charge on any atom is 0.0991 e. The van der Waals surface area contributed by atoms with Crippen molar-refractivity contribution in [2.24, 2.45) is 5.73 Å². The zero-order valence-electron chi connectivity index (χ0n) is 11.1. The normalized spacial score (nSPS) is 10.0. The number of fused-ring (bicyclic) bond motifs is 3. The topological polar surface area (TPSA) is 49.8 Å². The molecule has 1 aromatic heterocycles. The molecule has 0 aliphatic carbocycles. The Kier molecular flexibility index (Phi) is 4.16. The van der Waals surface area contributed by atoms with E-state index < -0.39 is 0 Å². The van der Waals surface area contributed by atoms with Crippen LogP contribution in [0, 0.1) is 18.3 Å². The zero-order valence-corrected chi connectivity index (χ0v) is 11.9. The first-order chi connectivity index (χ1) is 9.19. The van der Waals surface area contributed by atoms with E-state index in [9.17, 15) is 0 Å². The van der Waals surface area contributed by atoms with Gasteiger partial charge in [0.2, 0.25) is 0 Å². The molecule has 96 valence electrons. The van der Waals surface area contributed by atoms with Gasteiger partial charge in [0.25, 0.3) is 0 Å². The summed E-state index contributed by atoms with van der Waals surface area (Å²) in [7, 11) is 0. The van der Waals surface area contributed by atoms with Crippen molar-refractivity contribution in [3.63, 3.8) is 0 Å². The fraction of sp³-hybridized carbons (Fsp3) is 0.188. The van der Waals surface area contributed by atoms with Crippen LogP contribution in [0.4, 0.5) is 0 Å². The van der Waals surface area contributed by atoms with Crippen molar-refractivity contribution in [1.29, 1.82) is 5.26 Å². The van der Waals surface area contributed by atoms with Crippen molar-refractivity contribution in [1.82, 2.24) is 0 Å². The summed E-state index contributed by atoms with van der Waals surface area (Å²) in [6.07, 6.45) is 0. The van der Waals surface area contributed by atoms with Crippen molar-refractivity contribution in [3.8, 4) is 6.07 Å². The van der Waals surface area contributed by atoms with E-state index in [2.05, 4.69) is 31.2 Å². The summed E-state index contributed by atoms with van der Waals surface area (Å²) in [5.74, 6) is 0. The minimum absolute atomic E-state index is 0.730. The molecule has 0 aliphatic rings. The first-order valence-corrected chi connectivity index (χ1v) is 7.04. The van der Waals surface area contributed by atoms with Crippen LogP contribution in [-0.2, 0) is 0 Å². The van der Waals surface area contributed by atoms with Gasteiger partial charge in [0, 0.05) is 20.2 Å². The molecule has 0 saturated heterocycles. The van der Waals surface area contributed by atoms with Crippen LogP contribution in [-0.4, -0.2) is 6.54 Å². The van der Waals surface area contributed by atoms with Crippen LogP contribution >= 0.6 is 11.3 Å². The molecule has 0 radical (unpaired) electrons. The minimum Gasteiger partial charge on any atom is -0.331 e. The number of nitrogens with two attached hydrogens (primary N) is 1. The lowest BCUT2D eigenvalue weighted by Crippen LogP contribution is -1.87. The van der Waals surface area contributed by atoms with E-state index in [1.165, 1.54) is 25.7 Å². The van der Waals surface area contributed by atoms with Crippen LogP contribution in [0.5, 0.6) is 0 Å². The van der Waals surface area contributed by atoms with E-state index in [4.69, 9.17) is 11.0 Å². The Morgan fingerprint density at radius 2 is 1.68 bits per heavy atom. The predicted molar refractivity (Wildman–Crippen MR) is 83.5 cm³/mol. The lowest BCUT2D eigenvalue weighted by atomic mass is 10.1. The monoisotopic (exact) mass is 268 g/mol. The van der Waals surface area contributed by atoms with Crippen LogP contribution in [0.15, 0.2) is 36.4 Å². The molecule has 3 rings (SSSR count). The third kappa shape index (κ3) is 2.76. The SMILES string of the molecule is CCN.Cc1ccc2sc3ccc(C#N)cc3c2c1. The first kappa shape index (κ1) is 13.5. The van der Waals surface area contributed by atoms with Gasteiger partial charge >= 0.3 is 0 Å². The number of thiophene rings is 1. The number of hydrogen-bond acceptors (Lipinski definition) is 3. The maximum atomic E-state index is 8.91. The second-order valence-electron chi connectivity index (χ2n) is 4.33. The van der Waals surface area contributed by atoms with Gasteiger partial charge in [-0.15, -0.1) is 11.3 Å². The standard InChI is InChI=1S/C14H9NS.C2H7N/c1-9-2-4-13-11(6-9)12-7-10(8-15)3-5-14(12)16-13;1-2-3/h2-7H,1H3;2-3H2,1H3. The molecule has 0 amide bonds. The van der Waals surface area contributed by atoms with E-state index >= 15 is 0 Å². The van der Waals surface area contributed by atoms with Crippen LogP contribution in [0.1, 0.15) is 18.1 Å². The quantitative estimate of drug-likeness (QED) is 0.664. The molecule has 0 fully saturated rings. The lowest BCUT2D eigenvalue weighted by molar-refractivity contribution is 1.14. The average molecular weight is 268 g/mol. The molecule has 19 heavy (non-hydrogen) atoms. The highest BCUT2D eigenvalue weighted by molar-refractivity contribution is 7.25. The Morgan fingerprint density at radius 3 is 2.32 bits per heavy atom. The highest BCUT2D eigenvalue weighted by Crippen LogP contribution is 2.34. The molecule has 3 aromatic rings. The summed E-state index contributed by atoms with van der Waals surface area (Å²) in [4.78, 5) is 0. The van der Waals surface area contributed by atoms with Gasteiger partial charge in [0.05, 0.1) is 11.6 Å². The molecule has 2 nitrogen and oxygen atoms in total.